The molecule has 1 unspecified atom stereocenters. The number of fused-ring (bicyclic) bond motifs is 1. The second-order valence-corrected chi connectivity index (χ2v) is 8.62. The Bertz CT molecular complexity index is 943. The van der Waals surface area contributed by atoms with Crippen LogP contribution in [-0.2, 0) is 12.7 Å². The van der Waals surface area contributed by atoms with Crippen LogP contribution >= 0.6 is 0 Å². The van der Waals surface area contributed by atoms with Crippen molar-refractivity contribution >= 4 is 18.4 Å². The largest absolute Gasteiger partial charge is 0.394 e. The number of nitrogens with one attached hydrogen (secondary N) is 1. The molecule has 1 N–H and O–H groups in total. The van der Waals surface area contributed by atoms with Crippen LogP contribution in [0.2, 0.25) is 0 Å². The number of alkyl halides is 2. The molecule has 0 aromatic heterocycles. The topological polar surface area (TPSA) is 12.0 Å². The zero-order valence-corrected chi connectivity index (χ0v) is 18.4. The molecule has 2 aromatic carbocycles. The highest BCUT2D eigenvalue weighted by Crippen LogP contribution is 2.30. The van der Waals surface area contributed by atoms with E-state index >= 15 is 0 Å². The second kappa shape index (κ2) is 10.1. The highest BCUT2D eigenvalue weighted by molar-refractivity contribution is 6.38. The summed E-state index contributed by atoms with van der Waals surface area (Å²) in [5, 5.41) is 3.17. The van der Waals surface area contributed by atoms with Crippen LogP contribution in [0.3, 0.4) is 0 Å². The number of hydrogen-bond donors (Lipinski definition) is 1. The Morgan fingerprint density at radius 1 is 1.03 bits per heavy atom. The fourth-order valence-corrected chi connectivity index (χ4v) is 4.24. The molecule has 1 atom stereocenters. The van der Waals surface area contributed by atoms with E-state index in [2.05, 4.69) is 62.7 Å². The lowest BCUT2D eigenvalue weighted by Crippen LogP contribution is -2.41. The molecule has 0 amide bonds. The van der Waals surface area contributed by atoms with E-state index in [-0.39, 0.29) is 12.4 Å². The van der Waals surface area contributed by atoms with Gasteiger partial charge in [0.1, 0.15) is 7.28 Å². The minimum absolute atomic E-state index is 0.0278. The standard InChI is InChI=1S/C27H31BF2N/c1-19(22-12-6-5-7-13-22)10-8-11-20(2)24-15-9-14-23-16-26(28-18-25(23)24)31-21(3)17-27(4,29)30/h5-7,9,12-15,26,31H,1-3,8,10-11,16-18H2,4H3. The Balaban J connectivity index is 1.56. The lowest BCUT2D eigenvalue weighted by molar-refractivity contribution is 0.0211. The third kappa shape index (κ3) is 6.68. The first kappa shape index (κ1) is 23.1. The van der Waals surface area contributed by atoms with Gasteiger partial charge in [0.2, 0.25) is 0 Å². The van der Waals surface area contributed by atoms with Gasteiger partial charge in [-0.3, -0.25) is 0 Å². The van der Waals surface area contributed by atoms with Crippen molar-refractivity contribution in [3.05, 3.63) is 96.2 Å². The number of hydrogen-bond acceptors (Lipinski definition) is 1. The van der Waals surface area contributed by atoms with E-state index in [1.807, 2.05) is 18.2 Å². The van der Waals surface area contributed by atoms with Gasteiger partial charge in [0.05, 0.1) is 6.42 Å². The molecular formula is C27H31BF2N. The van der Waals surface area contributed by atoms with E-state index in [9.17, 15) is 8.78 Å². The highest BCUT2D eigenvalue weighted by Gasteiger charge is 2.26. The molecule has 1 radical (unpaired) electrons. The molecule has 0 bridgehead atoms. The number of benzene rings is 2. The molecule has 1 aliphatic rings. The predicted molar refractivity (Wildman–Crippen MR) is 129 cm³/mol. The molecule has 1 nitrogen and oxygen atoms in total. The monoisotopic (exact) mass is 418 g/mol. The first-order valence-corrected chi connectivity index (χ1v) is 10.9. The Morgan fingerprint density at radius 2 is 1.74 bits per heavy atom. The van der Waals surface area contributed by atoms with Gasteiger partial charge in [0.25, 0.3) is 5.92 Å². The summed E-state index contributed by atoms with van der Waals surface area (Å²) in [5.41, 5.74) is 7.66. The fraction of sp³-hybridized carbons (Fsp3) is 0.333. The van der Waals surface area contributed by atoms with Gasteiger partial charge in [-0.25, -0.2) is 8.78 Å². The van der Waals surface area contributed by atoms with E-state index in [0.717, 1.165) is 50.1 Å². The molecule has 161 valence electrons. The third-order valence-electron chi connectivity index (χ3n) is 5.75. The zero-order chi connectivity index (χ0) is 22.4. The van der Waals surface area contributed by atoms with Gasteiger partial charge in [-0.15, -0.1) is 0 Å². The Labute approximate surface area is 186 Å². The molecule has 0 saturated heterocycles. The van der Waals surface area contributed by atoms with Gasteiger partial charge in [-0.05, 0) is 71.9 Å². The molecule has 1 aliphatic heterocycles. The maximum absolute atomic E-state index is 13.2. The summed E-state index contributed by atoms with van der Waals surface area (Å²) >= 11 is 0. The Kier molecular flexibility index (Phi) is 7.53. The molecule has 0 spiro atoms. The van der Waals surface area contributed by atoms with E-state index in [1.54, 1.807) is 0 Å². The van der Waals surface area contributed by atoms with Crippen molar-refractivity contribution in [3.63, 3.8) is 0 Å². The van der Waals surface area contributed by atoms with Gasteiger partial charge in [0, 0.05) is 5.70 Å². The lowest BCUT2D eigenvalue weighted by atomic mass is 9.57. The molecule has 4 heteroatoms. The van der Waals surface area contributed by atoms with Crippen LogP contribution in [0.4, 0.5) is 8.78 Å². The van der Waals surface area contributed by atoms with Gasteiger partial charge in [-0.2, -0.15) is 0 Å². The summed E-state index contributed by atoms with van der Waals surface area (Å²) in [6, 6.07) is 16.6. The van der Waals surface area contributed by atoms with Crippen molar-refractivity contribution in [1.82, 2.24) is 5.32 Å². The summed E-state index contributed by atoms with van der Waals surface area (Å²) in [7, 11) is 2.16. The van der Waals surface area contributed by atoms with Crippen molar-refractivity contribution in [1.29, 1.82) is 0 Å². The molecule has 0 saturated carbocycles. The summed E-state index contributed by atoms with van der Waals surface area (Å²) in [6.07, 6.45) is 4.11. The van der Waals surface area contributed by atoms with Crippen LogP contribution in [0.5, 0.6) is 0 Å². The average Bonchev–Trinajstić information content (AvgIpc) is 2.72. The maximum atomic E-state index is 13.2. The summed E-state index contributed by atoms with van der Waals surface area (Å²) in [4.78, 5) is 0. The lowest BCUT2D eigenvalue weighted by Gasteiger charge is -2.29. The third-order valence-corrected chi connectivity index (χ3v) is 5.75. The zero-order valence-electron chi connectivity index (χ0n) is 18.4. The van der Waals surface area contributed by atoms with Crippen molar-refractivity contribution < 1.29 is 8.78 Å². The molecule has 3 rings (SSSR count). The normalized spacial score (nSPS) is 15.5. The van der Waals surface area contributed by atoms with Crippen LogP contribution in [0.1, 0.15) is 54.9 Å². The van der Waals surface area contributed by atoms with Crippen molar-refractivity contribution in [3.8, 4) is 0 Å². The predicted octanol–water partition coefficient (Wildman–Crippen LogP) is 6.82. The first-order valence-electron chi connectivity index (χ1n) is 10.9. The van der Waals surface area contributed by atoms with E-state index in [4.69, 9.17) is 0 Å². The first-order chi connectivity index (χ1) is 14.7. The van der Waals surface area contributed by atoms with Gasteiger partial charge in [0.15, 0.2) is 0 Å². The summed E-state index contributed by atoms with van der Waals surface area (Å²) < 4.78 is 26.5. The summed E-state index contributed by atoms with van der Waals surface area (Å²) in [6.45, 7) is 13.3. The van der Waals surface area contributed by atoms with Crippen LogP contribution in [0, 0.1) is 0 Å². The van der Waals surface area contributed by atoms with E-state index in [0.29, 0.717) is 5.70 Å². The molecule has 31 heavy (non-hydrogen) atoms. The molecular weight excluding hydrogens is 387 g/mol. The summed E-state index contributed by atoms with van der Waals surface area (Å²) in [5.74, 6) is -2.71. The van der Waals surface area contributed by atoms with Crippen LogP contribution in [0.25, 0.3) is 11.1 Å². The quantitative estimate of drug-likeness (QED) is 0.418. The number of rotatable bonds is 10. The number of halogens is 2. The maximum Gasteiger partial charge on any atom is 0.250 e. The molecule has 0 aliphatic carbocycles. The minimum atomic E-state index is -2.74. The van der Waals surface area contributed by atoms with Crippen molar-refractivity contribution in [2.45, 2.75) is 57.2 Å². The van der Waals surface area contributed by atoms with Crippen LogP contribution < -0.4 is 5.32 Å². The van der Waals surface area contributed by atoms with Crippen LogP contribution in [0.15, 0.2) is 74.0 Å². The number of allylic oxidation sites excluding steroid dienone is 3. The van der Waals surface area contributed by atoms with Gasteiger partial charge < -0.3 is 5.32 Å². The van der Waals surface area contributed by atoms with Gasteiger partial charge >= 0.3 is 0 Å². The minimum Gasteiger partial charge on any atom is -0.394 e. The van der Waals surface area contributed by atoms with E-state index in [1.165, 1.54) is 22.3 Å². The molecule has 2 aromatic rings. The Hall–Kier alpha value is -2.62. The average molecular weight is 418 g/mol. The molecule has 1 heterocycles. The fourth-order valence-electron chi connectivity index (χ4n) is 4.24. The van der Waals surface area contributed by atoms with Crippen molar-refractivity contribution in [2.24, 2.45) is 0 Å². The smallest absolute Gasteiger partial charge is 0.250 e. The highest BCUT2D eigenvalue weighted by atomic mass is 19.3. The van der Waals surface area contributed by atoms with Crippen LogP contribution in [-0.4, -0.2) is 19.1 Å². The Morgan fingerprint density at radius 3 is 2.45 bits per heavy atom. The van der Waals surface area contributed by atoms with Gasteiger partial charge in [-0.1, -0.05) is 74.6 Å². The second-order valence-electron chi connectivity index (χ2n) is 8.62. The van der Waals surface area contributed by atoms with E-state index < -0.39 is 5.92 Å². The van der Waals surface area contributed by atoms with Crippen molar-refractivity contribution in [2.75, 3.05) is 0 Å². The SMILES string of the molecule is C=C(CC(C)(F)F)NC1[B]Cc2c(cccc2C(=C)CCCC(=C)c2ccccc2)C1. The molecule has 0 fully saturated rings.